The number of para-hydroxylation sites is 1. The molecule has 1 heterocycles. The SMILES string of the molecule is COc1cccc(CCNCCC(=O)N2CCCc3ccccc32)c1. The van der Waals surface area contributed by atoms with E-state index in [2.05, 4.69) is 29.6 Å². The van der Waals surface area contributed by atoms with Gasteiger partial charge in [0.05, 0.1) is 7.11 Å². The summed E-state index contributed by atoms with van der Waals surface area (Å²) in [6.45, 7) is 2.40. The summed E-state index contributed by atoms with van der Waals surface area (Å²) in [5.74, 6) is 1.09. The number of methoxy groups -OCH3 is 1. The van der Waals surface area contributed by atoms with Gasteiger partial charge in [0.15, 0.2) is 0 Å². The van der Waals surface area contributed by atoms with Crippen molar-refractivity contribution in [3.8, 4) is 5.75 Å². The van der Waals surface area contributed by atoms with E-state index in [9.17, 15) is 4.79 Å². The second kappa shape index (κ2) is 8.67. The maximum atomic E-state index is 12.5. The van der Waals surface area contributed by atoms with Gasteiger partial charge in [0.25, 0.3) is 0 Å². The van der Waals surface area contributed by atoms with Gasteiger partial charge in [-0.05, 0) is 55.1 Å². The molecule has 0 aliphatic carbocycles. The fourth-order valence-electron chi connectivity index (χ4n) is 3.31. The number of hydrogen-bond donors (Lipinski definition) is 1. The van der Waals surface area contributed by atoms with E-state index in [0.29, 0.717) is 13.0 Å². The minimum Gasteiger partial charge on any atom is -0.497 e. The number of carbonyl (C=O) groups excluding carboxylic acids is 1. The Kier molecular flexibility index (Phi) is 6.07. The molecule has 0 aromatic heterocycles. The molecule has 0 saturated carbocycles. The molecule has 4 nitrogen and oxygen atoms in total. The average molecular weight is 338 g/mol. The molecule has 25 heavy (non-hydrogen) atoms. The molecule has 0 bridgehead atoms. The summed E-state index contributed by atoms with van der Waals surface area (Å²) in [6.07, 6.45) is 3.58. The number of fused-ring (bicyclic) bond motifs is 1. The zero-order valence-corrected chi connectivity index (χ0v) is 14.8. The van der Waals surface area contributed by atoms with E-state index >= 15 is 0 Å². The van der Waals surface area contributed by atoms with Crippen LogP contribution in [-0.4, -0.2) is 32.7 Å². The smallest absolute Gasteiger partial charge is 0.228 e. The molecule has 0 fully saturated rings. The molecule has 0 saturated heterocycles. The van der Waals surface area contributed by atoms with Crippen molar-refractivity contribution in [1.82, 2.24) is 5.32 Å². The number of ether oxygens (including phenoxy) is 1. The first-order valence-electron chi connectivity index (χ1n) is 9.00. The lowest BCUT2D eigenvalue weighted by Gasteiger charge is -2.29. The first-order chi connectivity index (χ1) is 12.3. The molecule has 3 rings (SSSR count). The van der Waals surface area contributed by atoms with Gasteiger partial charge < -0.3 is 15.0 Å². The van der Waals surface area contributed by atoms with Crippen LogP contribution in [0.3, 0.4) is 0 Å². The molecular formula is C21H26N2O2. The van der Waals surface area contributed by atoms with Gasteiger partial charge in [0.1, 0.15) is 5.75 Å². The van der Waals surface area contributed by atoms with Crippen LogP contribution in [0.25, 0.3) is 0 Å². The standard InChI is InChI=1S/C21H26N2O2/c1-25-19-9-4-6-17(16-19)11-13-22-14-12-21(24)23-15-5-8-18-7-2-3-10-20(18)23/h2-4,6-7,9-10,16,22H,5,8,11-15H2,1H3. The van der Waals surface area contributed by atoms with E-state index < -0.39 is 0 Å². The lowest BCUT2D eigenvalue weighted by molar-refractivity contribution is -0.118. The number of hydrogen-bond acceptors (Lipinski definition) is 3. The summed E-state index contributed by atoms with van der Waals surface area (Å²) in [4.78, 5) is 14.5. The summed E-state index contributed by atoms with van der Waals surface area (Å²) >= 11 is 0. The molecular weight excluding hydrogens is 312 g/mol. The van der Waals surface area contributed by atoms with E-state index in [1.807, 2.05) is 29.2 Å². The molecule has 132 valence electrons. The van der Waals surface area contributed by atoms with Gasteiger partial charge in [-0.15, -0.1) is 0 Å². The van der Waals surface area contributed by atoms with Crippen molar-refractivity contribution in [2.75, 3.05) is 31.6 Å². The molecule has 0 spiro atoms. The molecule has 1 aliphatic heterocycles. The van der Waals surface area contributed by atoms with Gasteiger partial charge in [0, 0.05) is 25.2 Å². The van der Waals surface area contributed by atoms with E-state index in [0.717, 1.165) is 43.8 Å². The normalized spacial score (nSPS) is 13.4. The number of nitrogens with one attached hydrogen (secondary N) is 1. The quantitative estimate of drug-likeness (QED) is 0.788. The fraction of sp³-hybridized carbons (Fsp3) is 0.381. The monoisotopic (exact) mass is 338 g/mol. The average Bonchev–Trinajstić information content (AvgIpc) is 2.67. The van der Waals surface area contributed by atoms with E-state index in [-0.39, 0.29) is 5.91 Å². The Morgan fingerprint density at radius 1 is 1.16 bits per heavy atom. The first kappa shape index (κ1) is 17.5. The van der Waals surface area contributed by atoms with Crippen molar-refractivity contribution in [1.29, 1.82) is 0 Å². The van der Waals surface area contributed by atoms with Gasteiger partial charge in [0.2, 0.25) is 5.91 Å². The van der Waals surface area contributed by atoms with Crippen molar-refractivity contribution >= 4 is 11.6 Å². The lowest BCUT2D eigenvalue weighted by atomic mass is 10.0. The molecule has 1 N–H and O–H groups in total. The third-order valence-corrected chi connectivity index (χ3v) is 4.65. The Balaban J connectivity index is 1.43. The minimum absolute atomic E-state index is 0.209. The highest BCUT2D eigenvalue weighted by Crippen LogP contribution is 2.27. The third-order valence-electron chi connectivity index (χ3n) is 4.65. The Morgan fingerprint density at radius 3 is 2.92 bits per heavy atom. The van der Waals surface area contributed by atoms with Crippen LogP contribution in [0.15, 0.2) is 48.5 Å². The summed E-state index contributed by atoms with van der Waals surface area (Å²) < 4.78 is 5.24. The molecule has 2 aromatic rings. The zero-order chi connectivity index (χ0) is 17.5. The topological polar surface area (TPSA) is 41.6 Å². The predicted molar refractivity (Wildman–Crippen MR) is 101 cm³/mol. The van der Waals surface area contributed by atoms with Gasteiger partial charge >= 0.3 is 0 Å². The van der Waals surface area contributed by atoms with E-state index in [4.69, 9.17) is 4.74 Å². The van der Waals surface area contributed by atoms with Gasteiger partial charge in [-0.2, -0.15) is 0 Å². The lowest BCUT2D eigenvalue weighted by Crippen LogP contribution is -2.37. The van der Waals surface area contributed by atoms with Crippen LogP contribution in [0.1, 0.15) is 24.0 Å². The number of nitrogens with zero attached hydrogens (tertiary/aromatic N) is 1. The Morgan fingerprint density at radius 2 is 2.04 bits per heavy atom. The van der Waals surface area contributed by atoms with Crippen LogP contribution >= 0.6 is 0 Å². The highest BCUT2D eigenvalue weighted by Gasteiger charge is 2.21. The third kappa shape index (κ3) is 4.60. The second-order valence-corrected chi connectivity index (χ2v) is 6.38. The summed E-state index contributed by atoms with van der Waals surface area (Å²) in [7, 11) is 1.68. The van der Waals surface area contributed by atoms with Crippen molar-refractivity contribution in [2.45, 2.75) is 25.7 Å². The van der Waals surface area contributed by atoms with Gasteiger partial charge in [-0.25, -0.2) is 0 Å². The van der Waals surface area contributed by atoms with Crippen LogP contribution in [0.4, 0.5) is 5.69 Å². The molecule has 2 aromatic carbocycles. The number of carbonyl (C=O) groups is 1. The summed E-state index contributed by atoms with van der Waals surface area (Å²) in [6, 6.07) is 16.3. The van der Waals surface area contributed by atoms with Gasteiger partial charge in [-0.3, -0.25) is 4.79 Å². The number of anilines is 1. The zero-order valence-electron chi connectivity index (χ0n) is 14.8. The Labute approximate surface area is 149 Å². The van der Waals surface area contributed by atoms with Crippen LogP contribution in [0.2, 0.25) is 0 Å². The second-order valence-electron chi connectivity index (χ2n) is 6.38. The van der Waals surface area contributed by atoms with Crippen molar-refractivity contribution < 1.29 is 9.53 Å². The van der Waals surface area contributed by atoms with E-state index in [1.54, 1.807) is 7.11 Å². The molecule has 4 heteroatoms. The Hall–Kier alpha value is -2.33. The molecule has 0 radical (unpaired) electrons. The fourth-order valence-corrected chi connectivity index (χ4v) is 3.31. The van der Waals surface area contributed by atoms with Crippen LogP contribution < -0.4 is 15.0 Å². The largest absolute Gasteiger partial charge is 0.497 e. The highest BCUT2D eigenvalue weighted by molar-refractivity contribution is 5.94. The van der Waals surface area contributed by atoms with Crippen molar-refractivity contribution in [3.63, 3.8) is 0 Å². The number of benzene rings is 2. The number of rotatable bonds is 7. The van der Waals surface area contributed by atoms with E-state index in [1.165, 1.54) is 11.1 Å². The van der Waals surface area contributed by atoms with Crippen LogP contribution in [0, 0.1) is 0 Å². The molecule has 0 atom stereocenters. The maximum Gasteiger partial charge on any atom is 0.228 e. The highest BCUT2D eigenvalue weighted by atomic mass is 16.5. The van der Waals surface area contributed by atoms with Crippen LogP contribution in [-0.2, 0) is 17.6 Å². The number of amides is 1. The Bertz CT molecular complexity index is 715. The first-order valence-corrected chi connectivity index (χ1v) is 9.00. The van der Waals surface area contributed by atoms with Crippen molar-refractivity contribution in [2.24, 2.45) is 0 Å². The number of aryl methyl sites for hydroxylation is 1. The summed E-state index contributed by atoms with van der Waals surface area (Å²) in [5.41, 5.74) is 3.62. The van der Waals surface area contributed by atoms with Crippen molar-refractivity contribution in [3.05, 3.63) is 59.7 Å². The molecule has 1 amide bonds. The molecule has 0 unspecified atom stereocenters. The maximum absolute atomic E-state index is 12.5. The minimum atomic E-state index is 0.209. The molecule has 1 aliphatic rings. The predicted octanol–water partition coefficient (Wildman–Crippen LogP) is 3.20. The van der Waals surface area contributed by atoms with Crippen LogP contribution in [0.5, 0.6) is 5.75 Å². The summed E-state index contributed by atoms with van der Waals surface area (Å²) in [5, 5.41) is 3.38. The van der Waals surface area contributed by atoms with Gasteiger partial charge in [-0.1, -0.05) is 30.3 Å².